The number of anilines is 2. The van der Waals surface area contributed by atoms with Crippen molar-refractivity contribution < 1.29 is 47.6 Å². The summed E-state index contributed by atoms with van der Waals surface area (Å²) >= 11 is 14.0. The van der Waals surface area contributed by atoms with Crippen LogP contribution in [0, 0.1) is 0 Å². The largest absolute Gasteiger partial charge is 0.497 e. The zero-order valence-electron chi connectivity index (χ0n) is 49.9. The van der Waals surface area contributed by atoms with Gasteiger partial charge in [-0.2, -0.15) is 0 Å². The summed E-state index contributed by atoms with van der Waals surface area (Å²) in [7, 11) is 5.73. The topological polar surface area (TPSA) is 216 Å². The quantitative estimate of drug-likeness (QED) is 0.0314. The number of rotatable bonds is 36. The van der Waals surface area contributed by atoms with E-state index in [0.717, 1.165) is 67.3 Å². The minimum atomic E-state index is -0.925. The summed E-state index contributed by atoms with van der Waals surface area (Å²) in [6.07, 6.45) is 5.31. The molecule has 1 aliphatic rings. The third kappa shape index (κ3) is 22.8. The van der Waals surface area contributed by atoms with Gasteiger partial charge in [0.1, 0.15) is 29.9 Å². The molecule has 1 saturated heterocycles. The predicted octanol–water partition coefficient (Wildman–Crippen LogP) is 8.70. The van der Waals surface area contributed by atoms with Crippen molar-refractivity contribution in [2.24, 2.45) is 0 Å². The minimum absolute atomic E-state index is 0.0448. The van der Waals surface area contributed by atoms with Crippen LogP contribution in [0.2, 0.25) is 10.0 Å². The summed E-state index contributed by atoms with van der Waals surface area (Å²) in [5.74, 6) is 1.69. The smallest absolute Gasteiger partial charge is 0.325 e. The molecule has 0 saturated carbocycles. The monoisotopic (exact) mass is 1240 g/mol. The van der Waals surface area contributed by atoms with Gasteiger partial charge in [0.05, 0.1) is 87.8 Å². The third-order valence-corrected chi connectivity index (χ3v) is 15.7. The molecule has 464 valence electrons. The number of carbonyl (C=O) groups excluding carboxylic acids is 4. The van der Waals surface area contributed by atoms with Gasteiger partial charge in [-0.3, -0.25) is 19.7 Å². The van der Waals surface area contributed by atoms with Crippen molar-refractivity contribution in [3.05, 3.63) is 141 Å². The van der Waals surface area contributed by atoms with Crippen LogP contribution in [0.4, 0.5) is 15.6 Å². The first kappa shape index (κ1) is 66.6. The van der Waals surface area contributed by atoms with Gasteiger partial charge in [0.2, 0.25) is 17.7 Å². The average molecular weight is 1240 g/mol. The Morgan fingerprint density at radius 1 is 0.709 bits per heavy atom. The number of urea groups is 1. The first-order valence-electron chi connectivity index (χ1n) is 29.1. The van der Waals surface area contributed by atoms with E-state index >= 15 is 0 Å². The molecule has 5 amide bonds. The molecule has 0 bridgehead atoms. The van der Waals surface area contributed by atoms with E-state index in [4.69, 9.17) is 51.6 Å². The minimum Gasteiger partial charge on any atom is -0.497 e. The molecule has 0 radical (unpaired) electrons. The Morgan fingerprint density at radius 2 is 1.38 bits per heavy atom. The Kier molecular flexibility index (Phi) is 27.6. The number of piperazine rings is 1. The molecule has 0 spiro atoms. The Balaban J connectivity index is 0.669. The van der Waals surface area contributed by atoms with Gasteiger partial charge < -0.3 is 58.7 Å². The highest BCUT2D eigenvalue weighted by atomic mass is 35.5. The Morgan fingerprint density at radius 3 is 2.10 bits per heavy atom. The fourth-order valence-electron chi connectivity index (χ4n) is 9.22. The van der Waals surface area contributed by atoms with Gasteiger partial charge in [0.25, 0.3) is 0 Å². The van der Waals surface area contributed by atoms with Gasteiger partial charge in [0, 0.05) is 75.4 Å². The normalized spacial score (nSPS) is 13.0. The van der Waals surface area contributed by atoms with E-state index in [1.54, 1.807) is 64.5 Å². The van der Waals surface area contributed by atoms with Crippen LogP contribution in [-0.4, -0.2) is 183 Å². The maximum Gasteiger partial charge on any atom is 0.325 e. The second-order valence-corrected chi connectivity index (χ2v) is 22.7. The molecule has 1 fully saturated rings. The Labute approximate surface area is 518 Å². The number of methoxy groups -OCH3 is 1. The number of ether oxygens (including phenoxy) is 6. The number of likely N-dealkylation sites (N-methyl/N-ethyl adjacent to an activating group) is 2. The van der Waals surface area contributed by atoms with Gasteiger partial charge in [-0.05, 0) is 131 Å². The molecule has 0 aliphatic carbocycles. The van der Waals surface area contributed by atoms with Crippen molar-refractivity contribution in [1.82, 2.24) is 44.9 Å². The van der Waals surface area contributed by atoms with Gasteiger partial charge in [0.15, 0.2) is 5.13 Å². The van der Waals surface area contributed by atoms with Crippen LogP contribution >= 0.6 is 34.5 Å². The predicted molar refractivity (Wildman–Crippen MR) is 334 cm³/mol. The van der Waals surface area contributed by atoms with E-state index in [0.29, 0.717) is 123 Å². The lowest BCUT2D eigenvalue weighted by Gasteiger charge is -2.35. The van der Waals surface area contributed by atoms with Crippen LogP contribution in [0.1, 0.15) is 67.2 Å². The van der Waals surface area contributed by atoms with Crippen molar-refractivity contribution in [3.8, 4) is 17.2 Å². The van der Waals surface area contributed by atoms with Crippen LogP contribution in [0.5, 0.6) is 17.2 Å². The lowest BCUT2D eigenvalue weighted by molar-refractivity contribution is -0.143. The van der Waals surface area contributed by atoms with E-state index in [2.05, 4.69) is 48.1 Å². The summed E-state index contributed by atoms with van der Waals surface area (Å²) in [6, 6.07) is 25.7. The van der Waals surface area contributed by atoms with Crippen LogP contribution < -0.4 is 30.2 Å². The zero-order chi connectivity index (χ0) is 61.0. The molecule has 1 unspecified atom stereocenters. The number of thiazole rings is 1. The molecule has 3 N–H and O–H groups in total. The molecule has 86 heavy (non-hydrogen) atoms. The summed E-state index contributed by atoms with van der Waals surface area (Å²) in [5.41, 5.74) is 4.52. The number of hydrogen-bond donors (Lipinski definition) is 3. The molecular weight excluding hydrogens is 1160 g/mol. The number of unbranched alkanes of at least 4 members (excludes halogenated alkanes) is 1. The first-order chi connectivity index (χ1) is 41.7. The van der Waals surface area contributed by atoms with Gasteiger partial charge >= 0.3 is 6.03 Å². The van der Waals surface area contributed by atoms with E-state index in [1.807, 2.05) is 80.5 Å². The number of nitrogens with one attached hydrogen (secondary N) is 3. The highest BCUT2D eigenvalue weighted by Gasteiger charge is 2.33. The average Bonchev–Trinajstić information content (AvgIpc) is 4.13. The molecule has 3 heterocycles. The van der Waals surface area contributed by atoms with Crippen LogP contribution in [0.25, 0.3) is 0 Å². The lowest BCUT2D eigenvalue weighted by Crippen LogP contribution is -2.47. The SMILES string of the molecule is COc1ccc(CNC(=O)C(c2ccc(Cl)c(Cl)c2)N(C(=O)CCc2ccc(OCCCCN(C)CCOCCOCCc3cn(CCOCCOc4ccc(NC(=O)Nc5nc(CC(=O)N6CCN(C)CC6)cs5)cc4)nn3)cc2)C(C)C)cc1. The molecule has 1 aliphatic heterocycles. The van der Waals surface area contributed by atoms with Crippen LogP contribution in [0.3, 0.4) is 0 Å². The summed E-state index contributed by atoms with van der Waals surface area (Å²) in [5, 5.41) is 19.9. The number of amides is 5. The molecule has 1 atom stereocenters. The molecule has 21 nitrogen and oxygen atoms in total. The molecular formula is C62H81Cl2N11O10S. The lowest BCUT2D eigenvalue weighted by atomic mass is 10.0. The maximum absolute atomic E-state index is 14.0. The molecule has 7 rings (SSSR count). The number of halogens is 2. The highest BCUT2D eigenvalue weighted by Crippen LogP contribution is 2.31. The molecule has 4 aromatic carbocycles. The third-order valence-electron chi connectivity index (χ3n) is 14.1. The standard InChI is InChI=1S/C62H81Cl2N11O10S/c1-45(2)75(59(48-13-22-55(63)56(64)40-48)60(78)65-42-47-10-16-52(80-5)17-11-47)57(76)23-12-46-8-18-53(19-9-46)84-32-7-6-25-71(3)30-34-82-37-36-81-33-24-50-43-74(70-69-50)31-35-83-38-39-85-54-20-14-49(15-21-54)66-61(79)68-62-67-51(44-86-62)41-58(77)73-28-26-72(4)27-29-73/h8-11,13-22,40,43-45,59H,6-7,12,23-39,41-42H2,1-5H3,(H,65,78)(H2,66,67,68,79). The van der Waals surface area contributed by atoms with Gasteiger partial charge in [-0.15, -0.1) is 16.4 Å². The number of aryl methyl sites for hydroxylation is 1. The van der Waals surface area contributed by atoms with Crippen molar-refractivity contribution in [1.29, 1.82) is 0 Å². The summed E-state index contributed by atoms with van der Waals surface area (Å²) < 4.78 is 36.2. The fraction of sp³-hybridized carbons (Fsp3) is 0.468. The zero-order valence-corrected chi connectivity index (χ0v) is 52.2. The number of carbonyl (C=O) groups is 4. The Hall–Kier alpha value is -6.89. The van der Waals surface area contributed by atoms with E-state index in [9.17, 15) is 19.2 Å². The van der Waals surface area contributed by atoms with Crippen molar-refractivity contribution >= 4 is 69.1 Å². The molecule has 2 aromatic heterocycles. The van der Waals surface area contributed by atoms with E-state index in [1.165, 1.54) is 11.3 Å². The number of aromatic nitrogens is 4. The van der Waals surface area contributed by atoms with Crippen LogP contribution in [-0.2, 0) is 60.9 Å². The van der Waals surface area contributed by atoms with Crippen LogP contribution in [0.15, 0.2) is 103 Å². The second-order valence-electron chi connectivity index (χ2n) is 21.1. The number of hydrogen-bond acceptors (Lipinski definition) is 16. The first-order valence-corrected chi connectivity index (χ1v) is 30.7. The van der Waals surface area contributed by atoms with Crippen molar-refractivity contribution in [2.45, 2.75) is 77.5 Å². The highest BCUT2D eigenvalue weighted by molar-refractivity contribution is 7.14. The van der Waals surface area contributed by atoms with Gasteiger partial charge in [-0.1, -0.05) is 58.7 Å². The summed E-state index contributed by atoms with van der Waals surface area (Å²) in [4.78, 5) is 65.5. The Bertz CT molecular complexity index is 3020. The maximum atomic E-state index is 14.0. The van der Waals surface area contributed by atoms with Gasteiger partial charge in [-0.25, -0.2) is 14.5 Å². The molecule has 6 aromatic rings. The van der Waals surface area contributed by atoms with Crippen molar-refractivity contribution in [3.63, 3.8) is 0 Å². The van der Waals surface area contributed by atoms with Crippen molar-refractivity contribution in [2.75, 3.05) is 124 Å². The van der Waals surface area contributed by atoms with E-state index < -0.39 is 12.1 Å². The summed E-state index contributed by atoms with van der Waals surface area (Å²) in [6.45, 7) is 13.4. The molecule has 24 heteroatoms. The van der Waals surface area contributed by atoms with E-state index in [-0.39, 0.29) is 43.1 Å². The second kappa shape index (κ2) is 35.7. The fourth-order valence-corrected chi connectivity index (χ4v) is 10.2. The number of benzene rings is 4. The number of nitrogens with zero attached hydrogens (tertiary/aromatic N) is 8.